The van der Waals surface area contributed by atoms with Gasteiger partial charge in [0.1, 0.15) is 0 Å². The van der Waals surface area contributed by atoms with Crippen LogP contribution in [0, 0.1) is 0 Å². The van der Waals surface area contributed by atoms with Crippen LogP contribution in [0.4, 0.5) is 13.2 Å². The van der Waals surface area contributed by atoms with Crippen molar-refractivity contribution in [2.24, 2.45) is 5.73 Å². The summed E-state index contributed by atoms with van der Waals surface area (Å²) < 4.78 is 37.0. The van der Waals surface area contributed by atoms with E-state index in [4.69, 9.17) is 5.73 Å². The number of halogens is 3. The third-order valence-electron chi connectivity index (χ3n) is 2.28. The molecule has 0 saturated heterocycles. The molecule has 17 heavy (non-hydrogen) atoms. The number of thioether (sulfide) groups is 1. The van der Waals surface area contributed by atoms with Crippen molar-refractivity contribution in [3.63, 3.8) is 0 Å². The van der Waals surface area contributed by atoms with Crippen LogP contribution in [0.3, 0.4) is 0 Å². The molecule has 1 aromatic rings. The highest BCUT2D eigenvalue weighted by atomic mass is 32.2. The highest BCUT2D eigenvalue weighted by Gasteiger charge is 2.30. The SMILES string of the molecule is CC(C)SCC(N)c1ccc(C(F)(F)F)cc1. The van der Waals surface area contributed by atoms with E-state index in [9.17, 15) is 13.2 Å². The van der Waals surface area contributed by atoms with E-state index in [1.165, 1.54) is 12.1 Å². The van der Waals surface area contributed by atoms with Crippen LogP contribution in [0.15, 0.2) is 24.3 Å². The standard InChI is InChI=1S/C12H16F3NS/c1-8(2)17-7-11(16)9-3-5-10(6-4-9)12(13,14)15/h3-6,8,11H,7,16H2,1-2H3. The molecule has 0 radical (unpaired) electrons. The molecule has 1 rings (SSSR count). The van der Waals surface area contributed by atoms with Crippen molar-refractivity contribution in [3.05, 3.63) is 35.4 Å². The second kappa shape index (κ2) is 5.78. The summed E-state index contributed by atoms with van der Waals surface area (Å²) in [6, 6.07) is 4.84. The second-order valence-corrected chi connectivity index (χ2v) is 5.72. The van der Waals surface area contributed by atoms with Crippen molar-refractivity contribution in [1.29, 1.82) is 0 Å². The van der Waals surface area contributed by atoms with Gasteiger partial charge in [-0.1, -0.05) is 26.0 Å². The second-order valence-electron chi connectivity index (χ2n) is 4.11. The summed E-state index contributed by atoms with van der Waals surface area (Å²) in [5, 5.41) is 0.468. The maximum atomic E-state index is 12.3. The third-order valence-corrected chi connectivity index (χ3v) is 3.49. The monoisotopic (exact) mass is 263 g/mol. The lowest BCUT2D eigenvalue weighted by molar-refractivity contribution is -0.137. The maximum Gasteiger partial charge on any atom is 0.416 e. The van der Waals surface area contributed by atoms with E-state index >= 15 is 0 Å². The van der Waals surface area contributed by atoms with Crippen LogP contribution in [0.1, 0.15) is 31.0 Å². The van der Waals surface area contributed by atoms with Crippen molar-refractivity contribution in [3.8, 4) is 0 Å². The number of alkyl halides is 3. The maximum absolute atomic E-state index is 12.3. The van der Waals surface area contributed by atoms with Gasteiger partial charge in [0, 0.05) is 11.8 Å². The molecule has 0 aliphatic rings. The molecule has 1 nitrogen and oxygen atoms in total. The molecule has 0 heterocycles. The Bertz CT molecular complexity index is 346. The van der Waals surface area contributed by atoms with Gasteiger partial charge < -0.3 is 5.73 Å². The first-order valence-electron chi connectivity index (χ1n) is 5.35. The molecule has 1 unspecified atom stereocenters. The minimum absolute atomic E-state index is 0.218. The van der Waals surface area contributed by atoms with Gasteiger partial charge in [0.25, 0.3) is 0 Å². The zero-order valence-electron chi connectivity index (χ0n) is 9.79. The zero-order valence-corrected chi connectivity index (χ0v) is 10.6. The summed E-state index contributed by atoms with van der Waals surface area (Å²) in [6.45, 7) is 4.12. The Morgan fingerprint density at radius 2 is 1.71 bits per heavy atom. The highest BCUT2D eigenvalue weighted by Crippen LogP contribution is 2.30. The van der Waals surface area contributed by atoms with Crippen LogP contribution in [-0.4, -0.2) is 11.0 Å². The van der Waals surface area contributed by atoms with Crippen LogP contribution < -0.4 is 5.73 Å². The first-order valence-corrected chi connectivity index (χ1v) is 6.40. The quantitative estimate of drug-likeness (QED) is 0.893. The molecule has 5 heteroatoms. The lowest BCUT2D eigenvalue weighted by Gasteiger charge is -2.14. The fourth-order valence-electron chi connectivity index (χ4n) is 1.31. The molecule has 1 aromatic carbocycles. The number of hydrogen-bond donors (Lipinski definition) is 1. The van der Waals surface area contributed by atoms with Gasteiger partial charge in [-0.15, -0.1) is 0 Å². The lowest BCUT2D eigenvalue weighted by Crippen LogP contribution is -2.14. The smallest absolute Gasteiger partial charge is 0.323 e. The third kappa shape index (κ3) is 4.60. The largest absolute Gasteiger partial charge is 0.416 e. The van der Waals surface area contributed by atoms with Crippen LogP contribution in [0.5, 0.6) is 0 Å². The van der Waals surface area contributed by atoms with Crippen molar-refractivity contribution < 1.29 is 13.2 Å². The summed E-state index contributed by atoms with van der Waals surface area (Å²) in [5.41, 5.74) is 6.01. The fraction of sp³-hybridized carbons (Fsp3) is 0.500. The first-order chi connectivity index (χ1) is 7.80. The van der Waals surface area contributed by atoms with Crippen LogP contribution in [0.2, 0.25) is 0 Å². The van der Waals surface area contributed by atoms with E-state index < -0.39 is 11.7 Å². The summed E-state index contributed by atoms with van der Waals surface area (Å²) in [5.74, 6) is 0.711. The van der Waals surface area contributed by atoms with Gasteiger partial charge in [0.2, 0.25) is 0 Å². The molecule has 0 fully saturated rings. The molecule has 0 bridgehead atoms. The van der Waals surface area contributed by atoms with Crippen molar-refractivity contribution >= 4 is 11.8 Å². The predicted molar refractivity (Wildman–Crippen MR) is 66.0 cm³/mol. The Hall–Kier alpha value is -0.680. The van der Waals surface area contributed by atoms with E-state index in [-0.39, 0.29) is 6.04 Å². The Kier molecular flexibility index (Phi) is 4.89. The average molecular weight is 263 g/mol. The Morgan fingerprint density at radius 3 is 2.12 bits per heavy atom. The number of hydrogen-bond acceptors (Lipinski definition) is 2. The van der Waals surface area contributed by atoms with Gasteiger partial charge in [-0.05, 0) is 22.9 Å². The van der Waals surface area contributed by atoms with E-state index in [0.29, 0.717) is 11.0 Å². The summed E-state index contributed by atoms with van der Waals surface area (Å²) in [7, 11) is 0. The minimum atomic E-state index is -4.28. The van der Waals surface area contributed by atoms with Gasteiger partial charge in [-0.25, -0.2) is 0 Å². The summed E-state index contributed by atoms with van der Waals surface area (Å²) >= 11 is 1.70. The molecule has 1 atom stereocenters. The molecule has 0 aromatic heterocycles. The molecule has 0 spiro atoms. The van der Waals surface area contributed by atoms with E-state index in [0.717, 1.165) is 17.7 Å². The molecule has 0 amide bonds. The van der Waals surface area contributed by atoms with Crippen LogP contribution >= 0.6 is 11.8 Å². The Labute approximate surface area is 104 Å². The van der Waals surface area contributed by atoms with Gasteiger partial charge >= 0.3 is 6.18 Å². The lowest BCUT2D eigenvalue weighted by atomic mass is 10.1. The minimum Gasteiger partial charge on any atom is -0.323 e. The van der Waals surface area contributed by atoms with E-state index in [2.05, 4.69) is 13.8 Å². The van der Waals surface area contributed by atoms with Gasteiger partial charge in [0.05, 0.1) is 5.56 Å². The van der Waals surface area contributed by atoms with E-state index in [1.54, 1.807) is 11.8 Å². The normalized spacial score (nSPS) is 14.1. The van der Waals surface area contributed by atoms with Crippen molar-refractivity contribution in [1.82, 2.24) is 0 Å². The number of rotatable bonds is 4. The first kappa shape index (κ1) is 14.4. The fourth-order valence-corrected chi connectivity index (χ4v) is 2.10. The number of benzene rings is 1. The topological polar surface area (TPSA) is 26.0 Å². The van der Waals surface area contributed by atoms with Gasteiger partial charge in [-0.3, -0.25) is 0 Å². The highest BCUT2D eigenvalue weighted by molar-refractivity contribution is 7.99. The van der Waals surface area contributed by atoms with Crippen molar-refractivity contribution in [2.75, 3.05) is 5.75 Å². The molecule has 0 aliphatic heterocycles. The Balaban J connectivity index is 2.67. The summed E-state index contributed by atoms with van der Waals surface area (Å²) in [6.07, 6.45) is -4.28. The van der Waals surface area contributed by atoms with Crippen LogP contribution in [0.25, 0.3) is 0 Å². The Morgan fingerprint density at radius 1 is 1.18 bits per heavy atom. The zero-order chi connectivity index (χ0) is 13.1. The summed E-state index contributed by atoms with van der Waals surface area (Å²) in [4.78, 5) is 0. The molecule has 2 N–H and O–H groups in total. The number of nitrogens with two attached hydrogens (primary N) is 1. The molecule has 0 aliphatic carbocycles. The molecule has 96 valence electrons. The van der Waals surface area contributed by atoms with E-state index in [1.807, 2.05) is 0 Å². The van der Waals surface area contributed by atoms with Gasteiger partial charge in [-0.2, -0.15) is 24.9 Å². The van der Waals surface area contributed by atoms with Crippen molar-refractivity contribution in [2.45, 2.75) is 31.3 Å². The molecular weight excluding hydrogens is 247 g/mol. The average Bonchev–Trinajstić information content (AvgIpc) is 2.25. The predicted octanol–water partition coefficient (Wildman–Crippen LogP) is 3.85. The molecule has 0 saturated carbocycles. The molecular formula is C12H16F3NS. The van der Waals surface area contributed by atoms with Gasteiger partial charge in [0.15, 0.2) is 0 Å². The van der Waals surface area contributed by atoms with Crippen LogP contribution in [-0.2, 0) is 6.18 Å².